The number of benzene rings is 1. The van der Waals surface area contributed by atoms with Crippen LogP contribution in [-0.4, -0.2) is 41.1 Å². The number of amides is 1. The van der Waals surface area contributed by atoms with Gasteiger partial charge in [0.25, 0.3) is 0 Å². The molecule has 0 bridgehead atoms. The fourth-order valence-electron chi connectivity index (χ4n) is 2.74. The summed E-state index contributed by atoms with van der Waals surface area (Å²) in [5, 5.41) is 12.7. The lowest BCUT2D eigenvalue weighted by Crippen LogP contribution is -2.48. The SMILES string of the molecule is Cc1cccc(C)c1NC(=O)C(C)N1CCCC(O)C1. The number of carbonyl (C=O) groups excluding carboxylic acids is 1. The van der Waals surface area contributed by atoms with Crippen molar-refractivity contribution in [3.05, 3.63) is 29.3 Å². The average molecular weight is 276 g/mol. The first kappa shape index (κ1) is 15.0. The highest BCUT2D eigenvalue weighted by atomic mass is 16.3. The number of hydrogen-bond acceptors (Lipinski definition) is 3. The fourth-order valence-corrected chi connectivity index (χ4v) is 2.74. The average Bonchev–Trinajstić information content (AvgIpc) is 2.42. The van der Waals surface area contributed by atoms with Crippen molar-refractivity contribution in [2.45, 2.75) is 45.8 Å². The summed E-state index contributed by atoms with van der Waals surface area (Å²) in [5.41, 5.74) is 3.05. The Morgan fingerprint density at radius 1 is 1.40 bits per heavy atom. The minimum absolute atomic E-state index is 0.00324. The maximum atomic E-state index is 12.4. The number of aliphatic hydroxyl groups excluding tert-OH is 1. The number of rotatable bonds is 3. The van der Waals surface area contributed by atoms with E-state index in [-0.39, 0.29) is 18.1 Å². The van der Waals surface area contributed by atoms with Gasteiger partial charge in [-0.05, 0) is 51.3 Å². The van der Waals surface area contributed by atoms with Crippen LogP contribution in [-0.2, 0) is 4.79 Å². The summed E-state index contributed by atoms with van der Waals surface area (Å²) in [6, 6.07) is 5.77. The monoisotopic (exact) mass is 276 g/mol. The molecule has 2 unspecified atom stereocenters. The number of anilines is 1. The summed E-state index contributed by atoms with van der Waals surface area (Å²) in [6.45, 7) is 7.36. The topological polar surface area (TPSA) is 52.6 Å². The van der Waals surface area contributed by atoms with Gasteiger partial charge in [0.05, 0.1) is 12.1 Å². The molecule has 0 aliphatic carbocycles. The van der Waals surface area contributed by atoms with Gasteiger partial charge in [-0.1, -0.05) is 18.2 Å². The van der Waals surface area contributed by atoms with E-state index in [4.69, 9.17) is 0 Å². The molecule has 1 aromatic carbocycles. The fraction of sp³-hybridized carbons (Fsp3) is 0.562. The molecule has 0 saturated carbocycles. The zero-order valence-electron chi connectivity index (χ0n) is 12.5. The van der Waals surface area contributed by atoms with Crippen molar-refractivity contribution < 1.29 is 9.90 Å². The maximum Gasteiger partial charge on any atom is 0.241 e. The van der Waals surface area contributed by atoms with Gasteiger partial charge >= 0.3 is 0 Å². The minimum atomic E-state index is -0.306. The van der Waals surface area contributed by atoms with Crippen LogP contribution in [0.25, 0.3) is 0 Å². The number of piperidine rings is 1. The number of aliphatic hydroxyl groups is 1. The molecule has 2 rings (SSSR count). The van der Waals surface area contributed by atoms with Crippen molar-refractivity contribution in [2.24, 2.45) is 0 Å². The van der Waals surface area contributed by atoms with E-state index in [2.05, 4.69) is 10.2 Å². The molecule has 2 atom stereocenters. The third-order valence-corrected chi connectivity index (χ3v) is 4.08. The summed E-state index contributed by atoms with van der Waals surface area (Å²) in [7, 11) is 0. The standard InChI is InChI=1S/C16H24N2O2/c1-11-6-4-7-12(2)15(11)17-16(20)13(3)18-9-5-8-14(19)10-18/h4,6-7,13-14,19H,5,8-10H2,1-3H3,(H,17,20). The lowest BCUT2D eigenvalue weighted by Gasteiger charge is -2.34. The predicted octanol–water partition coefficient (Wildman–Crippen LogP) is 2.09. The Morgan fingerprint density at radius 3 is 2.65 bits per heavy atom. The number of hydrogen-bond donors (Lipinski definition) is 2. The molecule has 1 heterocycles. The van der Waals surface area contributed by atoms with Gasteiger partial charge in [0.1, 0.15) is 0 Å². The normalized spacial score (nSPS) is 21.5. The first-order valence-corrected chi connectivity index (χ1v) is 7.28. The molecule has 1 fully saturated rings. The van der Waals surface area contributed by atoms with Crippen molar-refractivity contribution in [3.63, 3.8) is 0 Å². The molecule has 1 amide bonds. The summed E-state index contributed by atoms with van der Waals surface area (Å²) in [6.07, 6.45) is 1.48. The zero-order valence-corrected chi connectivity index (χ0v) is 12.5. The predicted molar refractivity (Wildman–Crippen MR) is 80.8 cm³/mol. The molecule has 1 aromatic rings. The molecule has 0 spiro atoms. The van der Waals surface area contributed by atoms with E-state index < -0.39 is 0 Å². The second-order valence-electron chi connectivity index (χ2n) is 5.72. The molecule has 2 N–H and O–H groups in total. The highest BCUT2D eigenvalue weighted by Crippen LogP contribution is 2.21. The van der Waals surface area contributed by atoms with Crippen molar-refractivity contribution in [3.8, 4) is 0 Å². The van der Waals surface area contributed by atoms with Gasteiger partial charge < -0.3 is 10.4 Å². The Bertz CT molecular complexity index is 467. The van der Waals surface area contributed by atoms with E-state index in [9.17, 15) is 9.90 Å². The van der Waals surface area contributed by atoms with Crippen molar-refractivity contribution in [1.82, 2.24) is 4.90 Å². The maximum absolute atomic E-state index is 12.4. The highest BCUT2D eigenvalue weighted by molar-refractivity contribution is 5.95. The van der Waals surface area contributed by atoms with Crippen LogP contribution in [0.3, 0.4) is 0 Å². The summed E-state index contributed by atoms with van der Waals surface area (Å²) < 4.78 is 0. The van der Waals surface area contributed by atoms with Gasteiger partial charge in [-0.25, -0.2) is 0 Å². The van der Waals surface area contributed by atoms with Gasteiger partial charge in [0.15, 0.2) is 0 Å². The molecule has 4 heteroatoms. The Balaban J connectivity index is 2.04. The highest BCUT2D eigenvalue weighted by Gasteiger charge is 2.26. The molecule has 4 nitrogen and oxygen atoms in total. The molecule has 0 radical (unpaired) electrons. The van der Waals surface area contributed by atoms with E-state index in [1.807, 2.05) is 39.0 Å². The molecular formula is C16H24N2O2. The van der Waals surface area contributed by atoms with Crippen molar-refractivity contribution >= 4 is 11.6 Å². The van der Waals surface area contributed by atoms with Gasteiger partial charge in [0.2, 0.25) is 5.91 Å². The minimum Gasteiger partial charge on any atom is -0.392 e. The third-order valence-electron chi connectivity index (χ3n) is 4.08. The molecule has 1 aliphatic heterocycles. The molecular weight excluding hydrogens is 252 g/mol. The zero-order chi connectivity index (χ0) is 14.7. The van der Waals surface area contributed by atoms with Gasteiger partial charge in [0, 0.05) is 12.2 Å². The van der Waals surface area contributed by atoms with Gasteiger partial charge in [-0.15, -0.1) is 0 Å². The quantitative estimate of drug-likeness (QED) is 0.889. The molecule has 20 heavy (non-hydrogen) atoms. The van der Waals surface area contributed by atoms with Crippen LogP contribution in [0.4, 0.5) is 5.69 Å². The van der Waals surface area contributed by atoms with E-state index in [1.54, 1.807) is 0 Å². The molecule has 0 aromatic heterocycles. The second-order valence-corrected chi connectivity index (χ2v) is 5.72. The first-order valence-electron chi connectivity index (χ1n) is 7.28. The first-order chi connectivity index (χ1) is 9.49. The number of carbonyl (C=O) groups is 1. The number of nitrogens with one attached hydrogen (secondary N) is 1. The van der Waals surface area contributed by atoms with Crippen LogP contribution < -0.4 is 5.32 Å². The number of para-hydroxylation sites is 1. The van der Waals surface area contributed by atoms with E-state index in [1.165, 1.54) is 0 Å². The van der Waals surface area contributed by atoms with Crippen LogP contribution in [0.5, 0.6) is 0 Å². The molecule has 110 valence electrons. The summed E-state index contributed by atoms with van der Waals surface area (Å²) in [5.74, 6) is -0.00324. The van der Waals surface area contributed by atoms with Crippen molar-refractivity contribution in [2.75, 3.05) is 18.4 Å². The Hall–Kier alpha value is -1.39. The van der Waals surface area contributed by atoms with Crippen LogP contribution in [0, 0.1) is 13.8 Å². The third kappa shape index (κ3) is 3.38. The largest absolute Gasteiger partial charge is 0.392 e. The Kier molecular flexibility index (Phi) is 4.78. The van der Waals surface area contributed by atoms with E-state index >= 15 is 0 Å². The van der Waals surface area contributed by atoms with Crippen LogP contribution in [0.2, 0.25) is 0 Å². The van der Waals surface area contributed by atoms with Crippen LogP contribution in [0.1, 0.15) is 30.9 Å². The lowest BCUT2D eigenvalue weighted by molar-refractivity contribution is -0.121. The van der Waals surface area contributed by atoms with E-state index in [0.29, 0.717) is 6.54 Å². The van der Waals surface area contributed by atoms with E-state index in [0.717, 1.165) is 36.2 Å². The number of likely N-dealkylation sites (tertiary alicyclic amines) is 1. The van der Waals surface area contributed by atoms with Crippen LogP contribution >= 0.6 is 0 Å². The Labute approximate surface area is 120 Å². The number of nitrogens with zero attached hydrogens (tertiary/aromatic N) is 1. The molecule has 1 saturated heterocycles. The number of β-amino-alcohol motifs (C(OH)–C–C–N with tert-alkyl or cyclic N) is 1. The molecule has 1 aliphatic rings. The lowest BCUT2D eigenvalue weighted by atomic mass is 10.1. The van der Waals surface area contributed by atoms with Gasteiger partial charge in [-0.3, -0.25) is 9.69 Å². The second kappa shape index (κ2) is 6.37. The van der Waals surface area contributed by atoms with Crippen LogP contribution in [0.15, 0.2) is 18.2 Å². The smallest absolute Gasteiger partial charge is 0.241 e. The van der Waals surface area contributed by atoms with Gasteiger partial charge in [-0.2, -0.15) is 0 Å². The van der Waals surface area contributed by atoms with Crippen molar-refractivity contribution in [1.29, 1.82) is 0 Å². The Morgan fingerprint density at radius 2 is 2.05 bits per heavy atom. The number of aryl methyl sites for hydroxylation is 2. The summed E-state index contributed by atoms with van der Waals surface area (Å²) in [4.78, 5) is 14.4. The summed E-state index contributed by atoms with van der Waals surface area (Å²) >= 11 is 0.